The molecule has 3 aromatic rings. The van der Waals surface area contributed by atoms with Gasteiger partial charge in [0.15, 0.2) is 5.76 Å². The van der Waals surface area contributed by atoms with Crippen molar-refractivity contribution in [2.24, 2.45) is 5.92 Å². The van der Waals surface area contributed by atoms with Crippen molar-refractivity contribution in [3.63, 3.8) is 0 Å². The number of hydrogen-bond donors (Lipinski definition) is 2. The van der Waals surface area contributed by atoms with Crippen molar-refractivity contribution in [3.8, 4) is 0 Å². The minimum Gasteiger partial charge on any atom is -0.451 e. The molecule has 0 saturated carbocycles. The number of aromatic nitrogens is 1. The molecule has 1 fully saturated rings. The van der Waals surface area contributed by atoms with Crippen LogP contribution >= 0.6 is 11.3 Å². The Kier molecular flexibility index (Phi) is 5.04. The quantitative estimate of drug-likeness (QED) is 0.690. The number of thiazole rings is 1. The van der Waals surface area contributed by atoms with Gasteiger partial charge in [-0.25, -0.2) is 0 Å². The van der Waals surface area contributed by atoms with Gasteiger partial charge in [-0.3, -0.25) is 14.4 Å². The molecule has 2 N–H and O–H groups in total. The lowest BCUT2D eigenvalue weighted by Crippen LogP contribution is -2.30. The average Bonchev–Trinajstić information content (AvgIpc) is 3.40. The van der Waals surface area contributed by atoms with Gasteiger partial charge in [-0.2, -0.15) is 0 Å². The van der Waals surface area contributed by atoms with Crippen molar-refractivity contribution < 1.29 is 14.0 Å². The molecule has 3 heterocycles. The first-order chi connectivity index (χ1) is 13.5. The monoisotopic (exact) mass is 399 g/mol. The molecule has 146 valence electrons. The number of fused-ring (bicyclic) bond motifs is 1. The highest BCUT2D eigenvalue weighted by Crippen LogP contribution is 2.25. The lowest BCUT2D eigenvalue weighted by molar-refractivity contribution is 0.0756. The summed E-state index contributed by atoms with van der Waals surface area (Å²) >= 11 is 0.970. The zero-order valence-electron chi connectivity index (χ0n) is 15.5. The summed E-state index contributed by atoms with van der Waals surface area (Å²) < 4.78 is 5.72. The molecule has 1 aromatic carbocycles. The standard InChI is InChI=1S/C20H21N3O4S/c1-12-2-3-16-14(8-12)9-17(27-16)19(25)23-7-5-13(10-23)4-6-21-18(24)15-11-28-20(26)22-15/h2-3,8-9,11,13H,4-7,10H2,1H3,(H,21,24)(H,22,26). The Morgan fingerprint density at radius 2 is 2.21 bits per heavy atom. The Balaban J connectivity index is 1.30. The number of amides is 2. The molecule has 2 amide bonds. The molecule has 28 heavy (non-hydrogen) atoms. The van der Waals surface area contributed by atoms with E-state index in [0.29, 0.717) is 37.0 Å². The molecule has 0 bridgehead atoms. The van der Waals surface area contributed by atoms with Crippen LogP contribution in [0.15, 0.2) is 38.9 Å². The Labute approximate surface area is 165 Å². The van der Waals surface area contributed by atoms with Gasteiger partial charge >= 0.3 is 4.87 Å². The lowest BCUT2D eigenvalue weighted by atomic mass is 10.1. The van der Waals surface area contributed by atoms with E-state index in [1.165, 1.54) is 5.38 Å². The molecule has 1 saturated heterocycles. The lowest BCUT2D eigenvalue weighted by Gasteiger charge is -2.15. The van der Waals surface area contributed by atoms with Crippen LogP contribution in [0.2, 0.25) is 0 Å². The molecule has 0 radical (unpaired) electrons. The summed E-state index contributed by atoms with van der Waals surface area (Å²) in [5.74, 6) is 0.339. The smallest absolute Gasteiger partial charge is 0.305 e. The van der Waals surface area contributed by atoms with Crippen molar-refractivity contribution in [2.75, 3.05) is 19.6 Å². The van der Waals surface area contributed by atoms with E-state index in [2.05, 4.69) is 10.3 Å². The van der Waals surface area contributed by atoms with Gasteiger partial charge in [0.05, 0.1) is 0 Å². The molecule has 1 atom stereocenters. The Bertz CT molecular complexity index is 1080. The van der Waals surface area contributed by atoms with Gasteiger partial charge in [0, 0.05) is 30.4 Å². The van der Waals surface area contributed by atoms with Crippen molar-refractivity contribution in [1.29, 1.82) is 0 Å². The fourth-order valence-electron chi connectivity index (χ4n) is 3.55. The predicted molar refractivity (Wildman–Crippen MR) is 107 cm³/mol. The Morgan fingerprint density at radius 1 is 1.36 bits per heavy atom. The summed E-state index contributed by atoms with van der Waals surface area (Å²) in [6.07, 6.45) is 1.68. The number of H-pyrrole nitrogens is 1. The molecule has 2 aromatic heterocycles. The van der Waals surface area contributed by atoms with Crippen LogP contribution in [0.4, 0.5) is 0 Å². The van der Waals surface area contributed by atoms with Crippen LogP contribution in [-0.2, 0) is 0 Å². The maximum absolute atomic E-state index is 12.7. The zero-order chi connectivity index (χ0) is 19.7. The third-order valence-electron chi connectivity index (χ3n) is 5.06. The molecule has 1 unspecified atom stereocenters. The Hall–Kier alpha value is -2.87. The summed E-state index contributed by atoms with van der Waals surface area (Å²) in [4.78, 5) is 39.9. The van der Waals surface area contributed by atoms with Crippen LogP contribution in [0.25, 0.3) is 11.0 Å². The molecular formula is C20H21N3O4S. The number of carbonyl (C=O) groups is 2. The van der Waals surface area contributed by atoms with E-state index in [-0.39, 0.29) is 16.7 Å². The predicted octanol–water partition coefficient (Wildman–Crippen LogP) is 2.77. The van der Waals surface area contributed by atoms with E-state index in [4.69, 9.17) is 4.42 Å². The van der Waals surface area contributed by atoms with Gasteiger partial charge in [0.2, 0.25) is 0 Å². The van der Waals surface area contributed by atoms with E-state index in [9.17, 15) is 14.4 Å². The first-order valence-electron chi connectivity index (χ1n) is 9.25. The number of aryl methyl sites for hydroxylation is 1. The number of hydrogen-bond acceptors (Lipinski definition) is 5. The average molecular weight is 399 g/mol. The highest BCUT2D eigenvalue weighted by Gasteiger charge is 2.28. The van der Waals surface area contributed by atoms with Crippen LogP contribution in [0, 0.1) is 12.8 Å². The number of nitrogens with one attached hydrogen (secondary N) is 2. The minimum absolute atomic E-state index is 0.0868. The number of carbonyl (C=O) groups excluding carboxylic acids is 2. The van der Waals surface area contributed by atoms with Gasteiger partial charge in [-0.05, 0) is 43.9 Å². The normalized spacial score (nSPS) is 16.6. The van der Waals surface area contributed by atoms with Crippen LogP contribution in [0.3, 0.4) is 0 Å². The van der Waals surface area contributed by atoms with Gasteiger partial charge in [0.1, 0.15) is 11.3 Å². The number of furan rings is 1. The van der Waals surface area contributed by atoms with Gasteiger partial charge in [-0.15, -0.1) is 0 Å². The van der Waals surface area contributed by atoms with Crippen molar-refractivity contribution in [2.45, 2.75) is 19.8 Å². The van der Waals surface area contributed by atoms with Crippen molar-refractivity contribution >= 4 is 34.1 Å². The van der Waals surface area contributed by atoms with Gasteiger partial charge in [-0.1, -0.05) is 23.0 Å². The Morgan fingerprint density at radius 3 is 3.00 bits per heavy atom. The van der Waals surface area contributed by atoms with Gasteiger partial charge < -0.3 is 19.6 Å². The minimum atomic E-state index is -0.276. The number of aromatic amines is 1. The molecule has 0 aliphatic carbocycles. The van der Waals surface area contributed by atoms with Crippen molar-refractivity contribution in [3.05, 3.63) is 56.3 Å². The number of benzene rings is 1. The summed E-state index contributed by atoms with van der Waals surface area (Å²) in [6, 6.07) is 7.66. The molecule has 1 aliphatic rings. The van der Waals surface area contributed by atoms with Gasteiger partial charge in [0.25, 0.3) is 11.8 Å². The summed E-state index contributed by atoms with van der Waals surface area (Å²) in [6.45, 7) is 3.85. The maximum atomic E-state index is 12.7. The topological polar surface area (TPSA) is 95.4 Å². The van der Waals surface area contributed by atoms with Crippen molar-refractivity contribution in [1.82, 2.24) is 15.2 Å². The van der Waals surface area contributed by atoms with E-state index in [1.807, 2.05) is 30.0 Å². The fourth-order valence-corrected chi connectivity index (χ4v) is 4.11. The van der Waals surface area contributed by atoms with E-state index < -0.39 is 0 Å². The second kappa shape index (κ2) is 7.63. The first kappa shape index (κ1) is 18.5. The molecule has 1 aliphatic heterocycles. The number of likely N-dealkylation sites (tertiary alicyclic amines) is 1. The van der Waals surface area contributed by atoms with E-state index in [0.717, 1.165) is 40.7 Å². The first-order valence-corrected chi connectivity index (χ1v) is 10.1. The van der Waals surface area contributed by atoms with Crippen LogP contribution in [0.5, 0.6) is 0 Å². The zero-order valence-corrected chi connectivity index (χ0v) is 16.3. The second-order valence-electron chi connectivity index (χ2n) is 7.16. The SMILES string of the molecule is Cc1ccc2oc(C(=O)N3CCC(CCNC(=O)c4csc(=O)[nH]4)C3)cc2c1. The third-order valence-corrected chi connectivity index (χ3v) is 5.73. The number of nitrogens with zero attached hydrogens (tertiary/aromatic N) is 1. The molecule has 7 nitrogen and oxygen atoms in total. The maximum Gasteiger partial charge on any atom is 0.305 e. The van der Waals surface area contributed by atoms with Crippen LogP contribution in [-0.4, -0.2) is 41.3 Å². The van der Waals surface area contributed by atoms with E-state index >= 15 is 0 Å². The van der Waals surface area contributed by atoms with Crippen LogP contribution < -0.4 is 10.2 Å². The summed E-state index contributed by atoms with van der Waals surface area (Å²) in [7, 11) is 0. The summed E-state index contributed by atoms with van der Waals surface area (Å²) in [5.41, 5.74) is 2.14. The highest BCUT2D eigenvalue weighted by molar-refractivity contribution is 7.07. The molecule has 8 heteroatoms. The van der Waals surface area contributed by atoms with Crippen LogP contribution in [0.1, 0.15) is 39.4 Å². The van der Waals surface area contributed by atoms with E-state index in [1.54, 1.807) is 6.07 Å². The molecular weight excluding hydrogens is 378 g/mol. The second-order valence-corrected chi connectivity index (χ2v) is 8.01. The third kappa shape index (κ3) is 3.87. The molecule has 4 rings (SSSR count). The number of rotatable bonds is 5. The summed E-state index contributed by atoms with van der Waals surface area (Å²) in [5, 5.41) is 5.27. The fraction of sp³-hybridized carbons (Fsp3) is 0.350. The molecule has 0 spiro atoms. The largest absolute Gasteiger partial charge is 0.451 e. The highest BCUT2D eigenvalue weighted by atomic mass is 32.1.